The molecule has 0 saturated heterocycles. The van der Waals surface area contributed by atoms with E-state index in [1.54, 1.807) is 6.92 Å². The van der Waals surface area contributed by atoms with Gasteiger partial charge in [-0.1, -0.05) is 46.7 Å². The molecule has 0 spiro atoms. The molecule has 0 aromatic heterocycles. The lowest BCUT2D eigenvalue weighted by molar-refractivity contribution is -0.00780. The molecular formula is C19H29NO3. The second-order valence-corrected chi connectivity index (χ2v) is 8.55. The normalized spacial score (nSPS) is 20.2. The van der Waals surface area contributed by atoms with Gasteiger partial charge in [-0.05, 0) is 29.9 Å². The van der Waals surface area contributed by atoms with E-state index < -0.39 is 6.10 Å². The molecule has 1 aliphatic heterocycles. The Hall–Kier alpha value is -1.55. The topological polar surface area (TPSA) is 62.0 Å². The molecule has 23 heavy (non-hydrogen) atoms. The molecule has 0 aliphatic carbocycles. The minimum absolute atomic E-state index is 0.177. The largest absolute Gasteiger partial charge is 0.507 e. The van der Waals surface area contributed by atoms with Crippen LogP contribution in [0.1, 0.15) is 71.6 Å². The zero-order chi connectivity index (χ0) is 17.6. The molecule has 1 aromatic rings. The Morgan fingerprint density at radius 2 is 1.57 bits per heavy atom. The van der Waals surface area contributed by atoms with E-state index in [0.29, 0.717) is 12.2 Å². The number of aliphatic hydroxyl groups is 1. The highest BCUT2D eigenvalue weighted by Crippen LogP contribution is 2.40. The van der Waals surface area contributed by atoms with Crippen molar-refractivity contribution in [3.8, 4) is 5.75 Å². The van der Waals surface area contributed by atoms with Crippen molar-refractivity contribution in [3.05, 3.63) is 28.8 Å². The van der Waals surface area contributed by atoms with Gasteiger partial charge in [0.25, 0.3) is 0 Å². The Labute approximate surface area is 139 Å². The molecule has 1 aromatic carbocycles. The molecule has 4 nitrogen and oxygen atoms in total. The fraction of sp³-hybridized carbons (Fsp3) is 0.632. The number of hydrogen-bond acceptors (Lipinski definition) is 4. The number of benzene rings is 1. The van der Waals surface area contributed by atoms with Gasteiger partial charge < -0.3 is 15.1 Å². The van der Waals surface area contributed by atoms with Crippen LogP contribution in [0.25, 0.3) is 0 Å². The number of oxime groups is 1. The molecule has 128 valence electrons. The van der Waals surface area contributed by atoms with Crippen molar-refractivity contribution in [2.75, 3.05) is 0 Å². The van der Waals surface area contributed by atoms with Gasteiger partial charge in [-0.25, -0.2) is 0 Å². The fourth-order valence-electron chi connectivity index (χ4n) is 2.77. The molecule has 1 aliphatic rings. The Kier molecular flexibility index (Phi) is 4.51. The number of phenols is 1. The molecule has 2 unspecified atom stereocenters. The van der Waals surface area contributed by atoms with Gasteiger partial charge in [-0.15, -0.1) is 0 Å². The lowest BCUT2D eigenvalue weighted by Crippen LogP contribution is -2.23. The minimum Gasteiger partial charge on any atom is -0.507 e. The Morgan fingerprint density at radius 3 is 1.91 bits per heavy atom. The molecule has 2 rings (SSSR count). The average Bonchev–Trinajstić information content (AvgIpc) is 2.85. The summed E-state index contributed by atoms with van der Waals surface area (Å²) >= 11 is 0. The van der Waals surface area contributed by atoms with Gasteiger partial charge in [0.15, 0.2) is 6.10 Å². The van der Waals surface area contributed by atoms with Gasteiger partial charge in [0.05, 0.1) is 11.8 Å². The predicted octanol–water partition coefficient (Wildman–Crippen LogP) is 3.86. The summed E-state index contributed by atoms with van der Waals surface area (Å²) in [6.45, 7) is 14.2. The third-order valence-corrected chi connectivity index (χ3v) is 4.29. The SMILES string of the molecule is CC(O)C1CC(c2cc(C(C)(C)C)c(O)c(C(C)(C)C)c2)=NO1. The van der Waals surface area contributed by atoms with Crippen LogP contribution in [0.2, 0.25) is 0 Å². The van der Waals surface area contributed by atoms with Crippen molar-refractivity contribution in [1.82, 2.24) is 0 Å². The molecule has 0 radical (unpaired) electrons. The highest BCUT2D eigenvalue weighted by atomic mass is 16.6. The molecule has 0 bridgehead atoms. The number of hydrogen-bond donors (Lipinski definition) is 2. The van der Waals surface area contributed by atoms with E-state index in [0.717, 1.165) is 22.4 Å². The quantitative estimate of drug-likeness (QED) is 0.870. The summed E-state index contributed by atoms with van der Waals surface area (Å²) in [6, 6.07) is 3.99. The van der Waals surface area contributed by atoms with E-state index in [-0.39, 0.29) is 16.9 Å². The van der Waals surface area contributed by atoms with Gasteiger partial charge >= 0.3 is 0 Å². The van der Waals surface area contributed by atoms with Gasteiger partial charge in [0.2, 0.25) is 0 Å². The number of aromatic hydroxyl groups is 1. The predicted molar refractivity (Wildman–Crippen MR) is 93.2 cm³/mol. The van der Waals surface area contributed by atoms with Gasteiger partial charge in [0, 0.05) is 23.1 Å². The molecule has 4 heteroatoms. The summed E-state index contributed by atoms with van der Waals surface area (Å²) < 4.78 is 0. The molecule has 0 saturated carbocycles. The standard InChI is InChI=1S/C19H29NO3/c1-11(21)16-10-15(20-23-16)12-8-13(18(2,3)4)17(22)14(9-12)19(5,6)7/h8-9,11,16,21-22H,10H2,1-7H3. The van der Waals surface area contributed by atoms with Crippen molar-refractivity contribution in [2.45, 2.75) is 77.9 Å². The monoisotopic (exact) mass is 319 g/mol. The fourth-order valence-corrected chi connectivity index (χ4v) is 2.77. The smallest absolute Gasteiger partial charge is 0.158 e. The van der Waals surface area contributed by atoms with Gasteiger partial charge in [-0.3, -0.25) is 0 Å². The summed E-state index contributed by atoms with van der Waals surface area (Å²) in [5, 5.41) is 24.6. The van der Waals surface area contributed by atoms with Crippen LogP contribution in [0, 0.1) is 0 Å². The first kappa shape index (κ1) is 17.8. The third kappa shape index (κ3) is 3.69. The zero-order valence-corrected chi connectivity index (χ0v) is 15.3. The van der Waals surface area contributed by atoms with Crippen molar-refractivity contribution in [2.24, 2.45) is 5.16 Å². The van der Waals surface area contributed by atoms with E-state index in [1.807, 2.05) is 12.1 Å². The number of rotatable bonds is 2. The third-order valence-electron chi connectivity index (χ3n) is 4.29. The van der Waals surface area contributed by atoms with E-state index in [9.17, 15) is 10.2 Å². The Balaban J connectivity index is 2.54. The average molecular weight is 319 g/mol. The maximum Gasteiger partial charge on any atom is 0.158 e. The first-order valence-electron chi connectivity index (χ1n) is 8.20. The molecular weight excluding hydrogens is 290 g/mol. The van der Waals surface area contributed by atoms with Crippen LogP contribution in [0.15, 0.2) is 17.3 Å². The number of nitrogens with zero attached hydrogens (tertiary/aromatic N) is 1. The van der Waals surface area contributed by atoms with Crippen molar-refractivity contribution < 1.29 is 15.1 Å². The Morgan fingerprint density at radius 1 is 1.09 bits per heavy atom. The number of phenolic OH excluding ortho intramolecular Hbond substituents is 1. The van der Waals surface area contributed by atoms with Crippen molar-refractivity contribution >= 4 is 5.71 Å². The maximum absolute atomic E-state index is 10.8. The lowest BCUT2D eigenvalue weighted by atomic mass is 9.78. The van der Waals surface area contributed by atoms with Crippen LogP contribution in [0.4, 0.5) is 0 Å². The lowest BCUT2D eigenvalue weighted by Gasteiger charge is -2.28. The summed E-state index contributed by atoms with van der Waals surface area (Å²) in [5.74, 6) is 0.361. The summed E-state index contributed by atoms with van der Waals surface area (Å²) in [5.41, 5.74) is 3.24. The second kappa shape index (κ2) is 5.82. The van der Waals surface area contributed by atoms with E-state index in [1.165, 1.54) is 0 Å². The molecule has 0 fully saturated rings. The summed E-state index contributed by atoms with van der Waals surface area (Å²) in [4.78, 5) is 5.34. The Bertz CT molecular complexity index is 583. The summed E-state index contributed by atoms with van der Waals surface area (Å²) in [6.07, 6.45) is -0.275. The van der Waals surface area contributed by atoms with Crippen LogP contribution >= 0.6 is 0 Å². The van der Waals surface area contributed by atoms with Crippen LogP contribution in [0.5, 0.6) is 5.75 Å². The minimum atomic E-state index is -0.558. The molecule has 1 heterocycles. The summed E-state index contributed by atoms with van der Waals surface area (Å²) in [7, 11) is 0. The first-order valence-corrected chi connectivity index (χ1v) is 8.20. The molecule has 2 atom stereocenters. The van der Waals surface area contributed by atoms with E-state index in [4.69, 9.17) is 4.84 Å². The van der Waals surface area contributed by atoms with Crippen molar-refractivity contribution in [3.63, 3.8) is 0 Å². The highest BCUT2D eigenvalue weighted by molar-refractivity contribution is 6.02. The number of aliphatic hydroxyl groups excluding tert-OH is 1. The van der Waals surface area contributed by atoms with Crippen molar-refractivity contribution in [1.29, 1.82) is 0 Å². The second-order valence-electron chi connectivity index (χ2n) is 8.55. The highest BCUT2D eigenvalue weighted by Gasteiger charge is 2.31. The van der Waals surface area contributed by atoms with Gasteiger partial charge in [-0.2, -0.15) is 0 Å². The van der Waals surface area contributed by atoms with E-state index in [2.05, 4.69) is 46.7 Å². The van der Waals surface area contributed by atoms with E-state index >= 15 is 0 Å². The van der Waals surface area contributed by atoms with Crippen LogP contribution in [0.3, 0.4) is 0 Å². The van der Waals surface area contributed by atoms with Gasteiger partial charge in [0.1, 0.15) is 5.75 Å². The maximum atomic E-state index is 10.8. The molecule has 2 N–H and O–H groups in total. The first-order chi connectivity index (χ1) is 10.4. The van der Waals surface area contributed by atoms with Crippen LogP contribution in [-0.4, -0.2) is 28.1 Å². The zero-order valence-electron chi connectivity index (χ0n) is 15.3. The molecule has 0 amide bonds. The van der Waals surface area contributed by atoms with Crippen LogP contribution in [-0.2, 0) is 15.7 Å². The van der Waals surface area contributed by atoms with Crippen LogP contribution < -0.4 is 0 Å².